The maximum absolute atomic E-state index is 5.40. The van der Waals surface area contributed by atoms with Gasteiger partial charge in [0.2, 0.25) is 0 Å². The van der Waals surface area contributed by atoms with E-state index in [9.17, 15) is 0 Å². The molecule has 0 saturated carbocycles. The Bertz CT molecular complexity index is 59.5. The van der Waals surface area contributed by atoms with E-state index in [0.29, 0.717) is 0 Å². The van der Waals surface area contributed by atoms with Crippen LogP contribution in [0.5, 0.6) is 0 Å². The van der Waals surface area contributed by atoms with Crippen molar-refractivity contribution in [2.24, 2.45) is 5.73 Å². The second kappa shape index (κ2) is 3.36. The lowest BCUT2D eigenvalue weighted by atomic mass is 10.2. The van der Waals surface area contributed by atoms with Crippen LogP contribution < -0.4 is 5.73 Å². The molecule has 1 atom stereocenters. The fourth-order valence-electron chi connectivity index (χ4n) is 1.06. The summed E-state index contributed by atoms with van der Waals surface area (Å²) in [7, 11) is 0. The summed E-state index contributed by atoms with van der Waals surface area (Å²) in [5.74, 6) is 1.37. The molecule has 1 nitrogen and oxygen atoms in total. The monoisotopic (exact) mass is 131 g/mol. The molecule has 2 heteroatoms. The molecule has 0 aromatic heterocycles. The summed E-state index contributed by atoms with van der Waals surface area (Å²) in [4.78, 5) is 0. The summed E-state index contributed by atoms with van der Waals surface area (Å²) in [6.45, 7) is 0.873. The highest BCUT2D eigenvalue weighted by atomic mass is 32.2. The van der Waals surface area contributed by atoms with Crippen LogP contribution in [0.1, 0.15) is 19.3 Å². The first-order valence-electron chi connectivity index (χ1n) is 3.25. The standard InChI is InChI=1S/C6H13NS/c7-4-3-6-2-1-5-8-6/h6H,1-5,7H2/t6-/m0/s1. The minimum absolute atomic E-state index is 0.873. The van der Waals surface area contributed by atoms with Crippen LogP contribution in [-0.2, 0) is 0 Å². The van der Waals surface area contributed by atoms with E-state index in [1.54, 1.807) is 0 Å². The second-order valence-electron chi connectivity index (χ2n) is 2.21. The summed E-state index contributed by atoms with van der Waals surface area (Å²) in [6.07, 6.45) is 4.04. The molecule has 2 N–H and O–H groups in total. The van der Waals surface area contributed by atoms with Crippen LogP contribution in [0, 0.1) is 0 Å². The van der Waals surface area contributed by atoms with Crippen LogP contribution in [0.3, 0.4) is 0 Å². The molecule has 1 aliphatic rings. The Balaban J connectivity index is 2.06. The van der Waals surface area contributed by atoms with Crippen LogP contribution in [0.25, 0.3) is 0 Å². The predicted octanol–water partition coefficient (Wildman–Crippen LogP) is 1.23. The van der Waals surface area contributed by atoms with Gasteiger partial charge in [0.15, 0.2) is 0 Å². The Morgan fingerprint density at radius 2 is 2.50 bits per heavy atom. The number of hydrogen-bond acceptors (Lipinski definition) is 2. The molecule has 1 fully saturated rings. The fraction of sp³-hybridized carbons (Fsp3) is 1.00. The van der Waals surface area contributed by atoms with Crippen LogP contribution >= 0.6 is 11.8 Å². The molecule has 0 aromatic carbocycles. The van der Waals surface area contributed by atoms with Gasteiger partial charge in [-0.2, -0.15) is 11.8 Å². The smallest absolute Gasteiger partial charge is 0.00593 e. The minimum atomic E-state index is 0.873. The first-order chi connectivity index (χ1) is 3.93. The molecule has 1 heterocycles. The molecule has 0 unspecified atom stereocenters. The number of rotatable bonds is 2. The number of nitrogens with two attached hydrogens (primary N) is 1. The Labute approximate surface area is 55.0 Å². The molecular weight excluding hydrogens is 118 g/mol. The SMILES string of the molecule is NCC[C@@H]1CCCS1. The molecular formula is C6H13NS. The molecule has 1 saturated heterocycles. The van der Waals surface area contributed by atoms with E-state index >= 15 is 0 Å². The van der Waals surface area contributed by atoms with Crippen LogP contribution in [0.4, 0.5) is 0 Å². The molecule has 0 spiro atoms. The van der Waals surface area contributed by atoms with Crippen LogP contribution in [0.15, 0.2) is 0 Å². The molecule has 0 aliphatic carbocycles. The van der Waals surface area contributed by atoms with Gasteiger partial charge in [0, 0.05) is 5.25 Å². The van der Waals surface area contributed by atoms with Gasteiger partial charge < -0.3 is 5.73 Å². The normalized spacial score (nSPS) is 28.9. The summed E-state index contributed by atoms with van der Waals surface area (Å²) < 4.78 is 0. The van der Waals surface area contributed by atoms with Gasteiger partial charge in [-0.15, -0.1) is 0 Å². The maximum atomic E-state index is 5.40. The van der Waals surface area contributed by atoms with Gasteiger partial charge in [-0.25, -0.2) is 0 Å². The largest absolute Gasteiger partial charge is 0.330 e. The van der Waals surface area contributed by atoms with E-state index < -0.39 is 0 Å². The highest BCUT2D eigenvalue weighted by Crippen LogP contribution is 2.27. The van der Waals surface area contributed by atoms with Gasteiger partial charge in [-0.05, 0) is 31.6 Å². The molecule has 0 aromatic rings. The molecule has 1 aliphatic heterocycles. The Morgan fingerprint density at radius 1 is 1.62 bits per heavy atom. The average molecular weight is 131 g/mol. The van der Waals surface area contributed by atoms with Crippen molar-refractivity contribution in [3.05, 3.63) is 0 Å². The van der Waals surface area contributed by atoms with Crippen molar-refractivity contribution in [3.63, 3.8) is 0 Å². The quantitative estimate of drug-likeness (QED) is 0.610. The van der Waals surface area contributed by atoms with Gasteiger partial charge in [0.05, 0.1) is 0 Å². The summed E-state index contributed by atoms with van der Waals surface area (Å²) in [5, 5.41) is 0.903. The Hall–Kier alpha value is 0.310. The van der Waals surface area contributed by atoms with Crippen molar-refractivity contribution in [2.75, 3.05) is 12.3 Å². The topological polar surface area (TPSA) is 26.0 Å². The number of thioether (sulfide) groups is 1. The average Bonchev–Trinajstić information content (AvgIpc) is 2.19. The lowest BCUT2D eigenvalue weighted by molar-refractivity contribution is 0.724. The van der Waals surface area contributed by atoms with Gasteiger partial charge >= 0.3 is 0 Å². The highest BCUT2D eigenvalue weighted by molar-refractivity contribution is 8.00. The third-order valence-electron chi connectivity index (χ3n) is 1.51. The molecule has 0 amide bonds. The first-order valence-corrected chi connectivity index (χ1v) is 4.30. The molecule has 1 rings (SSSR count). The predicted molar refractivity (Wildman–Crippen MR) is 39.2 cm³/mol. The van der Waals surface area contributed by atoms with E-state index in [0.717, 1.165) is 11.8 Å². The number of hydrogen-bond donors (Lipinski definition) is 1. The highest BCUT2D eigenvalue weighted by Gasteiger charge is 2.13. The van der Waals surface area contributed by atoms with Gasteiger partial charge in [0.25, 0.3) is 0 Å². The summed E-state index contributed by atoms with van der Waals surface area (Å²) in [6, 6.07) is 0. The van der Waals surface area contributed by atoms with Crippen molar-refractivity contribution < 1.29 is 0 Å². The molecule has 0 radical (unpaired) electrons. The maximum Gasteiger partial charge on any atom is 0.00593 e. The van der Waals surface area contributed by atoms with Crippen LogP contribution in [0.2, 0.25) is 0 Å². The lowest BCUT2D eigenvalue weighted by Gasteiger charge is -2.02. The third-order valence-corrected chi connectivity index (χ3v) is 2.98. The van der Waals surface area contributed by atoms with Crippen LogP contribution in [-0.4, -0.2) is 17.5 Å². The van der Waals surface area contributed by atoms with Crippen molar-refractivity contribution in [3.8, 4) is 0 Å². The summed E-state index contributed by atoms with van der Waals surface area (Å²) >= 11 is 2.09. The fourth-order valence-corrected chi connectivity index (χ4v) is 2.36. The third kappa shape index (κ3) is 1.67. The molecule has 8 heavy (non-hydrogen) atoms. The first kappa shape index (κ1) is 6.43. The zero-order chi connectivity index (χ0) is 5.82. The van der Waals surface area contributed by atoms with E-state index in [-0.39, 0.29) is 0 Å². The molecule has 0 bridgehead atoms. The van der Waals surface area contributed by atoms with Gasteiger partial charge in [-0.3, -0.25) is 0 Å². The van der Waals surface area contributed by atoms with E-state index in [2.05, 4.69) is 11.8 Å². The Kier molecular flexibility index (Phi) is 2.70. The lowest BCUT2D eigenvalue weighted by Crippen LogP contribution is -2.06. The van der Waals surface area contributed by atoms with Crippen molar-refractivity contribution in [1.29, 1.82) is 0 Å². The van der Waals surface area contributed by atoms with E-state index in [1.165, 1.54) is 25.0 Å². The van der Waals surface area contributed by atoms with Crippen molar-refractivity contribution >= 4 is 11.8 Å². The van der Waals surface area contributed by atoms with E-state index in [1.807, 2.05) is 0 Å². The second-order valence-corrected chi connectivity index (χ2v) is 3.62. The van der Waals surface area contributed by atoms with Crippen molar-refractivity contribution in [1.82, 2.24) is 0 Å². The van der Waals surface area contributed by atoms with Gasteiger partial charge in [-0.1, -0.05) is 0 Å². The molecule has 48 valence electrons. The zero-order valence-electron chi connectivity index (χ0n) is 5.10. The zero-order valence-corrected chi connectivity index (χ0v) is 5.91. The van der Waals surface area contributed by atoms with E-state index in [4.69, 9.17) is 5.73 Å². The minimum Gasteiger partial charge on any atom is -0.330 e. The van der Waals surface area contributed by atoms with Crippen molar-refractivity contribution in [2.45, 2.75) is 24.5 Å². The Morgan fingerprint density at radius 3 is 3.00 bits per heavy atom. The summed E-state index contributed by atoms with van der Waals surface area (Å²) in [5.41, 5.74) is 5.40. The van der Waals surface area contributed by atoms with Gasteiger partial charge in [0.1, 0.15) is 0 Å².